The molecule has 2 nitrogen and oxygen atoms in total. The summed E-state index contributed by atoms with van der Waals surface area (Å²) in [4.78, 5) is 0. The Balaban J connectivity index is 2.46. The van der Waals surface area contributed by atoms with E-state index in [1.807, 2.05) is 6.08 Å². The molecule has 2 rings (SSSR count). The summed E-state index contributed by atoms with van der Waals surface area (Å²) in [6.07, 6.45) is 5.72. The lowest BCUT2D eigenvalue weighted by molar-refractivity contribution is 0.0126. The van der Waals surface area contributed by atoms with Crippen molar-refractivity contribution < 1.29 is 9.16 Å². The zero-order chi connectivity index (χ0) is 19.3. The molecular formula is C22H40O2Si. The van der Waals surface area contributed by atoms with Gasteiger partial charge in [0.25, 0.3) is 0 Å². The molecule has 2 aliphatic rings. The molecule has 3 heteroatoms. The first-order valence-corrected chi connectivity index (χ1v) is 12.8. The van der Waals surface area contributed by atoms with Gasteiger partial charge in [-0.3, -0.25) is 0 Å². The third-order valence-corrected chi connectivity index (χ3v) is 12.3. The van der Waals surface area contributed by atoms with Crippen LogP contribution in [0.2, 0.25) is 18.1 Å². The molecule has 0 spiro atoms. The summed E-state index contributed by atoms with van der Waals surface area (Å²) in [7, 11) is -1.82. The van der Waals surface area contributed by atoms with Gasteiger partial charge >= 0.3 is 0 Å². The highest BCUT2D eigenvalue weighted by molar-refractivity contribution is 6.74. The van der Waals surface area contributed by atoms with Crippen molar-refractivity contribution in [1.29, 1.82) is 0 Å². The zero-order valence-corrected chi connectivity index (χ0v) is 19.1. The van der Waals surface area contributed by atoms with Crippen LogP contribution in [0.5, 0.6) is 0 Å². The zero-order valence-electron chi connectivity index (χ0n) is 18.1. The van der Waals surface area contributed by atoms with E-state index in [2.05, 4.69) is 68.1 Å². The van der Waals surface area contributed by atoms with Crippen LogP contribution in [0.4, 0.5) is 0 Å². The van der Waals surface area contributed by atoms with Crippen LogP contribution in [0.1, 0.15) is 67.7 Å². The first-order chi connectivity index (χ1) is 11.3. The maximum absolute atomic E-state index is 6.99. The highest BCUT2D eigenvalue weighted by Gasteiger charge is 2.60. The Bertz CT molecular complexity index is 553. The van der Waals surface area contributed by atoms with Crippen molar-refractivity contribution in [3.63, 3.8) is 0 Å². The first-order valence-electron chi connectivity index (χ1n) is 9.92. The Hall–Kier alpha value is -0.543. The lowest BCUT2D eigenvalue weighted by Crippen LogP contribution is -2.48. The summed E-state index contributed by atoms with van der Waals surface area (Å²) in [5, 5.41) is 0.228. The molecule has 144 valence electrons. The monoisotopic (exact) mass is 364 g/mol. The van der Waals surface area contributed by atoms with Crippen LogP contribution in [0.15, 0.2) is 24.0 Å². The Morgan fingerprint density at radius 3 is 2.36 bits per heavy atom. The smallest absolute Gasteiger partial charge is 0.192 e. The molecule has 0 amide bonds. The van der Waals surface area contributed by atoms with E-state index < -0.39 is 8.32 Å². The van der Waals surface area contributed by atoms with Crippen LogP contribution in [-0.2, 0) is 9.16 Å². The molecule has 25 heavy (non-hydrogen) atoms. The SMILES string of the molecule is C=CCOC1=C(C)[C@]2(C)CCC[C@@H](O[Si](C)(C)C(C)(C)C)[C@H]1C2(C)C. The lowest BCUT2D eigenvalue weighted by atomic mass is 9.62. The van der Waals surface area contributed by atoms with E-state index in [-0.39, 0.29) is 22.0 Å². The van der Waals surface area contributed by atoms with Gasteiger partial charge in [-0.05, 0) is 54.3 Å². The molecule has 0 N–H and O–H groups in total. The van der Waals surface area contributed by atoms with Gasteiger partial charge in [-0.2, -0.15) is 0 Å². The summed E-state index contributed by atoms with van der Waals surface area (Å²) in [5.74, 6) is 1.53. The standard InChI is InChI=1S/C22H40O2Si/c1-11-15-23-19-16(2)22(8)14-12-13-17(18(19)21(22,6)7)24-25(9,10)20(3,4)5/h11,17-18H,1,12-15H2,2-10H3/t17-,18-,22+/m1/s1. The van der Waals surface area contributed by atoms with Crippen molar-refractivity contribution in [3.8, 4) is 0 Å². The van der Waals surface area contributed by atoms with Crippen molar-refractivity contribution in [2.75, 3.05) is 6.61 Å². The molecule has 0 aromatic heterocycles. The van der Waals surface area contributed by atoms with E-state index >= 15 is 0 Å². The number of fused-ring (bicyclic) bond motifs is 2. The number of allylic oxidation sites excluding steroid dienone is 1. The summed E-state index contributed by atoms with van der Waals surface area (Å²) >= 11 is 0. The predicted octanol–water partition coefficient (Wildman–Crippen LogP) is 6.70. The number of rotatable bonds is 5. The highest BCUT2D eigenvalue weighted by atomic mass is 28.4. The van der Waals surface area contributed by atoms with Gasteiger partial charge in [0.05, 0.1) is 6.10 Å². The molecule has 0 aromatic carbocycles. The first kappa shape index (κ1) is 20.8. The molecule has 0 saturated heterocycles. The van der Waals surface area contributed by atoms with E-state index in [4.69, 9.17) is 9.16 Å². The third kappa shape index (κ3) is 3.27. The van der Waals surface area contributed by atoms with Gasteiger partial charge in [-0.25, -0.2) is 0 Å². The van der Waals surface area contributed by atoms with Gasteiger partial charge in [-0.1, -0.05) is 60.6 Å². The molecule has 0 radical (unpaired) electrons. The van der Waals surface area contributed by atoms with Crippen molar-refractivity contribution in [3.05, 3.63) is 24.0 Å². The molecule has 0 aromatic rings. The fraction of sp³-hybridized carbons (Fsp3) is 0.818. The maximum atomic E-state index is 6.99. The van der Waals surface area contributed by atoms with Crippen LogP contribution < -0.4 is 0 Å². The van der Waals surface area contributed by atoms with E-state index in [1.165, 1.54) is 24.2 Å². The highest BCUT2D eigenvalue weighted by Crippen LogP contribution is 2.64. The molecule has 0 unspecified atom stereocenters. The molecule has 0 aliphatic heterocycles. The van der Waals surface area contributed by atoms with Gasteiger partial charge < -0.3 is 9.16 Å². The van der Waals surface area contributed by atoms with Crippen LogP contribution >= 0.6 is 0 Å². The largest absolute Gasteiger partial charge is 0.494 e. The second-order valence-corrected chi connectivity index (χ2v) is 15.2. The number of hydrogen-bond acceptors (Lipinski definition) is 2. The topological polar surface area (TPSA) is 18.5 Å². The summed E-state index contributed by atoms with van der Waals surface area (Å²) in [5.41, 5.74) is 1.78. The number of hydrogen-bond donors (Lipinski definition) is 0. The van der Waals surface area contributed by atoms with Gasteiger partial charge in [-0.15, -0.1) is 0 Å². The normalized spacial score (nSPS) is 32.5. The van der Waals surface area contributed by atoms with E-state index in [0.29, 0.717) is 12.5 Å². The average Bonchev–Trinajstić information content (AvgIpc) is 2.53. The van der Waals surface area contributed by atoms with Crippen molar-refractivity contribution in [1.82, 2.24) is 0 Å². The lowest BCUT2D eigenvalue weighted by Gasteiger charge is -2.46. The molecule has 2 bridgehead atoms. The summed E-state index contributed by atoms with van der Waals surface area (Å²) in [6.45, 7) is 25.8. The van der Waals surface area contributed by atoms with Crippen molar-refractivity contribution >= 4 is 8.32 Å². The van der Waals surface area contributed by atoms with Crippen LogP contribution in [-0.4, -0.2) is 21.0 Å². The minimum Gasteiger partial charge on any atom is -0.494 e. The molecule has 1 saturated carbocycles. The predicted molar refractivity (Wildman–Crippen MR) is 110 cm³/mol. The quantitative estimate of drug-likeness (QED) is 0.399. The minimum absolute atomic E-state index is 0.150. The van der Waals surface area contributed by atoms with E-state index in [9.17, 15) is 0 Å². The molecule has 1 fully saturated rings. The number of ether oxygens (including phenoxy) is 1. The Morgan fingerprint density at radius 1 is 1.24 bits per heavy atom. The Labute approximate surface area is 157 Å². The van der Waals surface area contributed by atoms with E-state index in [0.717, 1.165) is 6.42 Å². The fourth-order valence-corrected chi connectivity index (χ4v) is 6.02. The minimum atomic E-state index is -1.82. The van der Waals surface area contributed by atoms with Crippen LogP contribution in [0.3, 0.4) is 0 Å². The molecule has 2 aliphatic carbocycles. The molecular weight excluding hydrogens is 324 g/mol. The van der Waals surface area contributed by atoms with Crippen molar-refractivity contribution in [2.24, 2.45) is 16.7 Å². The summed E-state index contributed by atoms with van der Waals surface area (Å²) in [6, 6.07) is 0. The van der Waals surface area contributed by atoms with Gasteiger partial charge in [0, 0.05) is 5.92 Å². The van der Waals surface area contributed by atoms with Crippen molar-refractivity contribution in [2.45, 2.75) is 92.0 Å². The Morgan fingerprint density at radius 2 is 1.84 bits per heavy atom. The Kier molecular flexibility index (Phi) is 5.45. The second-order valence-electron chi connectivity index (χ2n) is 10.4. The molecule has 3 atom stereocenters. The maximum Gasteiger partial charge on any atom is 0.192 e. The fourth-order valence-electron chi connectivity index (χ4n) is 4.65. The van der Waals surface area contributed by atoms with Gasteiger partial charge in [0.15, 0.2) is 8.32 Å². The van der Waals surface area contributed by atoms with Crippen LogP contribution in [0.25, 0.3) is 0 Å². The molecule has 0 heterocycles. The van der Waals surface area contributed by atoms with Crippen LogP contribution in [0, 0.1) is 16.7 Å². The van der Waals surface area contributed by atoms with Gasteiger partial charge in [0.2, 0.25) is 0 Å². The second kappa shape index (κ2) is 6.56. The van der Waals surface area contributed by atoms with Gasteiger partial charge in [0.1, 0.15) is 12.4 Å². The summed E-state index contributed by atoms with van der Waals surface area (Å²) < 4.78 is 13.3. The average molecular weight is 365 g/mol. The third-order valence-electron chi connectivity index (χ3n) is 7.83. The van der Waals surface area contributed by atoms with E-state index in [1.54, 1.807) is 0 Å².